The topological polar surface area (TPSA) is 18.5 Å². The highest BCUT2D eigenvalue weighted by atomic mass is 31.2. The first-order valence-corrected chi connectivity index (χ1v) is 8.45. The quantitative estimate of drug-likeness (QED) is 0.755. The molecule has 0 aliphatic rings. The molecule has 0 saturated heterocycles. The van der Waals surface area contributed by atoms with Crippen LogP contribution < -0.4 is 10.6 Å². The van der Waals surface area contributed by atoms with Gasteiger partial charge in [0.15, 0.2) is 12.7 Å². The smallest absolute Gasteiger partial charge is 0.168 e. The fourth-order valence-corrected chi connectivity index (χ4v) is 5.69. The van der Waals surface area contributed by atoms with Crippen LogP contribution in [0.2, 0.25) is 0 Å². The van der Waals surface area contributed by atoms with E-state index in [1.807, 2.05) is 12.1 Å². The first kappa shape index (κ1) is 14.2. The van der Waals surface area contributed by atoms with Crippen LogP contribution in [0.15, 0.2) is 60.7 Å². The number of hydrogen-bond donors (Lipinski definition) is 0. The molecule has 0 heterocycles. The average molecular weight is 275 g/mol. The molecule has 2 aromatic rings. The molecule has 2 aromatic carbocycles. The first-order valence-electron chi connectivity index (χ1n) is 6.29. The molecule has 0 bridgehead atoms. The van der Waals surface area contributed by atoms with Crippen molar-refractivity contribution in [2.75, 3.05) is 26.9 Å². The van der Waals surface area contributed by atoms with E-state index in [1.54, 1.807) is 14.2 Å². The van der Waals surface area contributed by atoms with Gasteiger partial charge < -0.3 is 9.47 Å². The van der Waals surface area contributed by atoms with Gasteiger partial charge in [0.2, 0.25) is 0 Å². The van der Waals surface area contributed by atoms with E-state index < -0.39 is 7.26 Å². The van der Waals surface area contributed by atoms with Crippen LogP contribution in [0, 0.1) is 0 Å². The Morgan fingerprint density at radius 3 is 1.37 bits per heavy atom. The monoisotopic (exact) mass is 275 g/mol. The van der Waals surface area contributed by atoms with Crippen LogP contribution in [-0.4, -0.2) is 26.9 Å². The zero-order chi connectivity index (χ0) is 13.6. The molecule has 2 rings (SSSR count). The Hall–Kier alpha value is -1.21. The zero-order valence-corrected chi connectivity index (χ0v) is 12.3. The number of methoxy groups -OCH3 is 2. The molecule has 0 aromatic heterocycles. The lowest BCUT2D eigenvalue weighted by molar-refractivity contribution is 0.233. The summed E-state index contributed by atoms with van der Waals surface area (Å²) in [6, 6.07) is 21.1. The standard InChI is InChI=1S/C16H20O2P/c1-17-13-19(14-18-2,15-9-5-3-6-10-15)16-11-7-4-8-12-16/h3-12H,13-14H2,1-2H3/q+1. The predicted molar refractivity (Wildman–Crippen MR) is 82.8 cm³/mol. The summed E-state index contributed by atoms with van der Waals surface area (Å²) in [7, 11) is 1.88. The van der Waals surface area contributed by atoms with E-state index in [4.69, 9.17) is 9.47 Å². The van der Waals surface area contributed by atoms with E-state index in [9.17, 15) is 0 Å². The average Bonchev–Trinajstić information content (AvgIpc) is 2.49. The third-order valence-corrected chi connectivity index (χ3v) is 7.17. The molecule has 0 amide bonds. The molecule has 0 aliphatic carbocycles. The summed E-state index contributed by atoms with van der Waals surface area (Å²) in [6.07, 6.45) is 1.41. The molecule has 0 saturated carbocycles. The molecular formula is C16H20O2P+. The SMILES string of the molecule is COC[P+](COC)(c1ccccc1)c1ccccc1. The van der Waals surface area contributed by atoms with Gasteiger partial charge in [-0.05, 0) is 24.3 Å². The van der Waals surface area contributed by atoms with E-state index in [1.165, 1.54) is 10.6 Å². The van der Waals surface area contributed by atoms with Gasteiger partial charge >= 0.3 is 0 Å². The van der Waals surface area contributed by atoms with E-state index in [0.717, 1.165) is 0 Å². The van der Waals surface area contributed by atoms with Gasteiger partial charge in [-0.2, -0.15) is 0 Å². The molecule has 0 N–H and O–H groups in total. The van der Waals surface area contributed by atoms with Gasteiger partial charge in [-0.3, -0.25) is 0 Å². The Kier molecular flexibility index (Phi) is 5.09. The van der Waals surface area contributed by atoms with E-state index in [-0.39, 0.29) is 0 Å². The Bertz CT molecular complexity index is 437. The van der Waals surface area contributed by atoms with Gasteiger partial charge in [-0.25, -0.2) is 0 Å². The molecule has 2 nitrogen and oxygen atoms in total. The van der Waals surface area contributed by atoms with Crippen molar-refractivity contribution in [3.05, 3.63) is 60.7 Å². The summed E-state index contributed by atoms with van der Waals surface area (Å²) >= 11 is 0. The van der Waals surface area contributed by atoms with Crippen molar-refractivity contribution < 1.29 is 9.47 Å². The van der Waals surface area contributed by atoms with Gasteiger partial charge in [0, 0.05) is 14.2 Å². The fraction of sp³-hybridized carbons (Fsp3) is 0.250. The molecule has 3 heteroatoms. The summed E-state index contributed by atoms with van der Waals surface area (Å²) in [5, 5.41) is 2.65. The number of benzene rings is 2. The number of hydrogen-bond acceptors (Lipinski definition) is 2. The zero-order valence-electron chi connectivity index (χ0n) is 11.5. The van der Waals surface area contributed by atoms with E-state index in [2.05, 4.69) is 48.5 Å². The van der Waals surface area contributed by atoms with Crippen LogP contribution in [0.1, 0.15) is 0 Å². The van der Waals surface area contributed by atoms with Crippen molar-refractivity contribution in [1.82, 2.24) is 0 Å². The maximum absolute atomic E-state index is 5.54. The highest BCUT2D eigenvalue weighted by Crippen LogP contribution is 2.55. The number of ether oxygens (including phenoxy) is 2. The highest BCUT2D eigenvalue weighted by molar-refractivity contribution is 7.89. The fourth-order valence-electron chi connectivity index (χ4n) is 2.35. The predicted octanol–water partition coefficient (Wildman–Crippen LogP) is 2.86. The van der Waals surface area contributed by atoms with Crippen molar-refractivity contribution in [3.63, 3.8) is 0 Å². The summed E-state index contributed by atoms with van der Waals surface area (Å²) < 4.78 is 11.1. The van der Waals surface area contributed by atoms with Crippen LogP contribution >= 0.6 is 7.26 Å². The normalized spacial score (nSPS) is 11.5. The van der Waals surface area contributed by atoms with Crippen LogP contribution in [0.5, 0.6) is 0 Å². The third kappa shape index (κ3) is 3.03. The molecule has 19 heavy (non-hydrogen) atoms. The second kappa shape index (κ2) is 6.81. The molecule has 0 unspecified atom stereocenters. The van der Waals surface area contributed by atoms with Crippen LogP contribution in [0.25, 0.3) is 0 Å². The largest absolute Gasteiger partial charge is 0.349 e. The van der Waals surface area contributed by atoms with Gasteiger partial charge in [-0.15, -0.1) is 0 Å². The van der Waals surface area contributed by atoms with Crippen molar-refractivity contribution in [1.29, 1.82) is 0 Å². The molecule has 0 radical (unpaired) electrons. The summed E-state index contributed by atoms with van der Waals surface area (Å²) in [4.78, 5) is 0. The lowest BCUT2D eigenvalue weighted by atomic mass is 10.4. The maximum atomic E-state index is 5.54. The molecule has 0 aliphatic heterocycles. The summed E-state index contributed by atoms with van der Waals surface area (Å²) in [6.45, 7) is 0. The van der Waals surface area contributed by atoms with Gasteiger partial charge in [0.25, 0.3) is 0 Å². The Labute approximate surface area is 115 Å². The minimum absolute atomic E-state index is 0.703. The van der Waals surface area contributed by atoms with Gasteiger partial charge in [-0.1, -0.05) is 36.4 Å². The van der Waals surface area contributed by atoms with Gasteiger partial charge in [0.1, 0.15) is 17.9 Å². The van der Waals surface area contributed by atoms with Crippen molar-refractivity contribution >= 4 is 17.9 Å². The lowest BCUT2D eigenvalue weighted by Crippen LogP contribution is -2.28. The van der Waals surface area contributed by atoms with Crippen molar-refractivity contribution in [3.8, 4) is 0 Å². The molecule has 0 atom stereocenters. The summed E-state index contributed by atoms with van der Waals surface area (Å²) in [5.74, 6) is 0. The minimum Gasteiger partial charge on any atom is -0.349 e. The molecule has 100 valence electrons. The minimum atomic E-state index is -1.65. The van der Waals surface area contributed by atoms with Crippen LogP contribution in [0.3, 0.4) is 0 Å². The van der Waals surface area contributed by atoms with Crippen LogP contribution in [-0.2, 0) is 9.47 Å². The van der Waals surface area contributed by atoms with Gasteiger partial charge in [0.05, 0.1) is 0 Å². The Balaban J connectivity index is 2.54. The number of rotatable bonds is 6. The van der Waals surface area contributed by atoms with E-state index >= 15 is 0 Å². The summed E-state index contributed by atoms with van der Waals surface area (Å²) in [5.41, 5.74) is 0. The molecule has 0 fully saturated rings. The molecular weight excluding hydrogens is 255 g/mol. The Morgan fingerprint density at radius 1 is 0.684 bits per heavy atom. The van der Waals surface area contributed by atoms with E-state index in [0.29, 0.717) is 12.7 Å². The maximum Gasteiger partial charge on any atom is 0.168 e. The molecule has 0 spiro atoms. The van der Waals surface area contributed by atoms with Crippen molar-refractivity contribution in [2.24, 2.45) is 0 Å². The van der Waals surface area contributed by atoms with Crippen molar-refractivity contribution in [2.45, 2.75) is 0 Å². The Morgan fingerprint density at radius 2 is 1.05 bits per heavy atom. The van der Waals surface area contributed by atoms with Crippen LogP contribution in [0.4, 0.5) is 0 Å². The second-order valence-electron chi connectivity index (χ2n) is 4.47. The third-order valence-electron chi connectivity index (χ3n) is 3.20. The second-order valence-corrected chi connectivity index (χ2v) is 7.96. The lowest BCUT2D eigenvalue weighted by Gasteiger charge is -2.25. The first-order chi connectivity index (χ1) is 9.33. The highest BCUT2D eigenvalue weighted by Gasteiger charge is 2.43.